The lowest BCUT2D eigenvalue weighted by Crippen LogP contribution is -2.55. The van der Waals surface area contributed by atoms with E-state index in [-0.39, 0.29) is 5.41 Å². The molecule has 1 aromatic heterocycles. The maximum Gasteiger partial charge on any atom is 0.137 e. The Hall–Kier alpha value is -5.86. The molecule has 54 heavy (non-hydrogen) atoms. The number of benzene rings is 7. The second kappa shape index (κ2) is 11.6. The highest BCUT2D eigenvalue weighted by Gasteiger charge is 2.61. The minimum atomic E-state index is 0.124. The topological polar surface area (TPSA) is 16.4 Å². The Balaban J connectivity index is 1.10. The third kappa shape index (κ3) is 4.23. The van der Waals surface area contributed by atoms with Gasteiger partial charge >= 0.3 is 0 Å². The molecular weight excluding hydrogens is 655 g/mol. The molecule has 4 fully saturated rings. The van der Waals surface area contributed by atoms with Crippen LogP contribution in [0.1, 0.15) is 43.2 Å². The number of furan rings is 1. The number of hydrogen-bond donors (Lipinski definition) is 0. The summed E-state index contributed by atoms with van der Waals surface area (Å²) in [4.78, 5) is 2.48. The Morgan fingerprint density at radius 2 is 1.04 bits per heavy atom. The van der Waals surface area contributed by atoms with Crippen LogP contribution in [0.4, 0.5) is 17.1 Å². The molecule has 260 valence electrons. The average molecular weight is 696 g/mol. The third-order valence-corrected chi connectivity index (χ3v) is 13.9. The molecule has 4 bridgehead atoms. The van der Waals surface area contributed by atoms with Crippen molar-refractivity contribution in [3.05, 3.63) is 175 Å². The predicted octanol–water partition coefficient (Wildman–Crippen LogP) is 14.1. The van der Waals surface area contributed by atoms with Gasteiger partial charge in [-0.3, -0.25) is 0 Å². The number of para-hydroxylation sites is 2. The van der Waals surface area contributed by atoms with Crippen molar-refractivity contribution in [2.45, 2.75) is 37.5 Å². The Morgan fingerprint density at radius 3 is 1.85 bits per heavy atom. The van der Waals surface area contributed by atoms with Crippen LogP contribution < -0.4 is 4.90 Å². The van der Waals surface area contributed by atoms with Gasteiger partial charge in [0.15, 0.2) is 0 Å². The van der Waals surface area contributed by atoms with Gasteiger partial charge < -0.3 is 9.32 Å². The van der Waals surface area contributed by atoms with Crippen molar-refractivity contribution in [1.82, 2.24) is 0 Å². The fourth-order valence-electron chi connectivity index (χ4n) is 12.1. The molecule has 0 amide bonds. The van der Waals surface area contributed by atoms with Crippen LogP contribution in [0.15, 0.2) is 168 Å². The fourth-order valence-corrected chi connectivity index (χ4v) is 12.1. The lowest BCUT2D eigenvalue weighted by molar-refractivity contribution is -0.0399. The van der Waals surface area contributed by atoms with E-state index in [4.69, 9.17) is 4.42 Å². The maximum atomic E-state index is 6.49. The number of anilines is 3. The quantitative estimate of drug-likeness (QED) is 0.178. The fraction of sp³-hybridized carbons (Fsp3) is 0.192. The minimum absolute atomic E-state index is 0.124. The Labute approximate surface area is 316 Å². The zero-order chi connectivity index (χ0) is 35.4. The molecule has 7 aromatic carbocycles. The van der Waals surface area contributed by atoms with Crippen molar-refractivity contribution in [2.75, 3.05) is 4.90 Å². The summed E-state index contributed by atoms with van der Waals surface area (Å²) in [7, 11) is 0. The minimum Gasteiger partial charge on any atom is -0.456 e. The first-order chi connectivity index (χ1) is 26.8. The second-order valence-electron chi connectivity index (χ2n) is 16.5. The molecule has 5 aliphatic carbocycles. The first-order valence-corrected chi connectivity index (χ1v) is 19.9. The smallest absolute Gasteiger partial charge is 0.137 e. The molecule has 0 unspecified atom stereocenters. The molecule has 5 aliphatic rings. The van der Waals surface area contributed by atoms with Crippen LogP contribution in [-0.4, -0.2) is 0 Å². The van der Waals surface area contributed by atoms with Gasteiger partial charge in [0.05, 0.1) is 16.8 Å². The summed E-state index contributed by atoms with van der Waals surface area (Å²) >= 11 is 0. The Bertz CT molecular complexity index is 2710. The van der Waals surface area contributed by atoms with E-state index < -0.39 is 0 Å². The van der Waals surface area contributed by atoms with Crippen molar-refractivity contribution in [3.8, 4) is 33.4 Å². The molecule has 2 nitrogen and oxygen atoms in total. The van der Waals surface area contributed by atoms with Gasteiger partial charge in [0.1, 0.15) is 11.2 Å². The van der Waals surface area contributed by atoms with E-state index in [2.05, 4.69) is 169 Å². The summed E-state index contributed by atoms with van der Waals surface area (Å²) in [6.45, 7) is 0. The SMILES string of the molecule is c1ccc(-c2ccc(N(c3ccccc3-c3cccc4c3-c3ccccc3C43C4CC5CC(C4)CC3C5)c3cccc4oc5ccccc5c34)cc2)cc1. The molecule has 0 aliphatic heterocycles. The summed E-state index contributed by atoms with van der Waals surface area (Å²) in [6, 6.07) is 60.6. The van der Waals surface area contributed by atoms with E-state index in [1.54, 1.807) is 11.1 Å². The number of fused-ring (bicyclic) bond motifs is 6. The van der Waals surface area contributed by atoms with Crippen LogP contribution in [0.2, 0.25) is 0 Å². The van der Waals surface area contributed by atoms with Crippen LogP contribution in [0.5, 0.6) is 0 Å². The number of rotatable bonds is 5. The summed E-state index contributed by atoms with van der Waals surface area (Å²) < 4.78 is 6.49. The molecule has 0 saturated heterocycles. The van der Waals surface area contributed by atoms with E-state index >= 15 is 0 Å². The zero-order valence-corrected chi connectivity index (χ0v) is 30.3. The van der Waals surface area contributed by atoms with Gasteiger partial charge in [0.25, 0.3) is 0 Å². The van der Waals surface area contributed by atoms with Crippen LogP contribution in [0.25, 0.3) is 55.3 Å². The van der Waals surface area contributed by atoms with Crippen molar-refractivity contribution < 1.29 is 4.42 Å². The highest BCUT2D eigenvalue weighted by atomic mass is 16.3. The largest absolute Gasteiger partial charge is 0.456 e. The summed E-state index contributed by atoms with van der Waals surface area (Å²) in [5.74, 6) is 3.30. The van der Waals surface area contributed by atoms with Crippen molar-refractivity contribution in [3.63, 3.8) is 0 Å². The summed E-state index contributed by atoms with van der Waals surface area (Å²) in [5.41, 5.74) is 16.4. The van der Waals surface area contributed by atoms with Crippen LogP contribution in [0.3, 0.4) is 0 Å². The predicted molar refractivity (Wildman–Crippen MR) is 223 cm³/mol. The highest BCUT2D eigenvalue weighted by molar-refractivity contribution is 6.14. The Kier molecular flexibility index (Phi) is 6.55. The first kappa shape index (κ1) is 30.6. The molecule has 1 spiro atoms. The maximum absolute atomic E-state index is 6.49. The number of hydrogen-bond acceptors (Lipinski definition) is 2. The van der Waals surface area contributed by atoms with Gasteiger partial charge in [0.2, 0.25) is 0 Å². The molecule has 2 heteroatoms. The molecule has 1 heterocycles. The van der Waals surface area contributed by atoms with Crippen molar-refractivity contribution in [2.24, 2.45) is 23.7 Å². The number of nitrogens with zero attached hydrogens (tertiary/aromatic N) is 1. The highest BCUT2D eigenvalue weighted by Crippen LogP contribution is 2.70. The first-order valence-electron chi connectivity index (χ1n) is 19.9. The van der Waals surface area contributed by atoms with E-state index in [1.165, 1.54) is 71.2 Å². The van der Waals surface area contributed by atoms with Gasteiger partial charge in [-0.15, -0.1) is 0 Å². The monoisotopic (exact) mass is 695 g/mol. The normalized spacial score (nSPS) is 23.3. The lowest BCUT2D eigenvalue weighted by Gasteiger charge is -2.61. The van der Waals surface area contributed by atoms with Gasteiger partial charge in [-0.05, 0) is 131 Å². The third-order valence-electron chi connectivity index (χ3n) is 13.9. The Morgan fingerprint density at radius 1 is 0.444 bits per heavy atom. The standard InChI is InChI=1S/C52H41NO/c1-2-12-35(13-3-1)36-24-26-39(27-25-36)53(47-21-11-23-49-51(47)43-16-6-9-22-48(43)54-49)46-20-8-5-14-40(46)41-17-10-19-45-50(41)42-15-4-7-18-44(42)52(45)37-29-33-28-34(31-37)32-38(52)30-33/h1-27,33-34,37-38H,28-32H2. The van der Waals surface area contributed by atoms with Crippen molar-refractivity contribution >= 4 is 39.0 Å². The van der Waals surface area contributed by atoms with Crippen LogP contribution in [-0.2, 0) is 5.41 Å². The molecule has 13 rings (SSSR count). The van der Waals surface area contributed by atoms with Crippen LogP contribution in [0, 0.1) is 23.7 Å². The average Bonchev–Trinajstić information content (AvgIpc) is 3.75. The molecule has 0 atom stereocenters. The van der Waals surface area contributed by atoms with Gasteiger partial charge in [0, 0.05) is 22.1 Å². The second-order valence-corrected chi connectivity index (χ2v) is 16.5. The van der Waals surface area contributed by atoms with Gasteiger partial charge in [-0.25, -0.2) is 0 Å². The van der Waals surface area contributed by atoms with Crippen molar-refractivity contribution in [1.29, 1.82) is 0 Å². The van der Waals surface area contributed by atoms with Gasteiger partial charge in [-0.1, -0.05) is 127 Å². The molecule has 4 saturated carbocycles. The molecular formula is C52H41NO. The summed E-state index contributed by atoms with van der Waals surface area (Å²) in [6.07, 6.45) is 7.01. The van der Waals surface area contributed by atoms with Gasteiger partial charge in [-0.2, -0.15) is 0 Å². The van der Waals surface area contributed by atoms with E-state index in [0.29, 0.717) is 0 Å². The lowest BCUT2D eigenvalue weighted by atomic mass is 9.43. The molecule has 8 aromatic rings. The van der Waals surface area contributed by atoms with E-state index in [9.17, 15) is 0 Å². The van der Waals surface area contributed by atoms with Crippen LogP contribution >= 0.6 is 0 Å². The van der Waals surface area contributed by atoms with E-state index in [0.717, 1.165) is 57.0 Å². The van der Waals surface area contributed by atoms with E-state index in [1.807, 2.05) is 0 Å². The zero-order valence-electron chi connectivity index (χ0n) is 30.3. The summed E-state index contributed by atoms with van der Waals surface area (Å²) in [5, 5.41) is 2.26. The molecule has 0 N–H and O–H groups in total. The molecule has 0 radical (unpaired) electrons.